The number of rotatable bonds is 1. The second kappa shape index (κ2) is 3.39. The molecule has 0 saturated heterocycles. The second-order valence-corrected chi connectivity index (χ2v) is 3.83. The molecule has 0 heterocycles. The number of hydrogen-bond acceptors (Lipinski definition) is 2. The van der Waals surface area contributed by atoms with E-state index < -0.39 is 0 Å². The van der Waals surface area contributed by atoms with Crippen LogP contribution in [0.2, 0.25) is 0 Å². The average molecular weight is 173 g/mol. The summed E-state index contributed by atoms with van der Waals surface area (Å²) in [7, 11) is 0. The molecule has 2 nitrogen and oxygen atoms in total. The highest BCUT2D eigenvalue weighted by molar-refractivity contribution is 7.80. The van der Waals surface area contributed by atoms with Crippen molar-refractivity contribution < 1.29 is 4.74 Å². The molecule has 0 unspecified atom stereocenters. The lowest BCUT2D eigenvalue weighted by Gasteiger charge is -2.33. The van der Waals surface area contributed by atoms with Crippen molar-refractivity contribution in [1.29, 1.82) is 0 Å². The molecule has 0 aromatic heterocycles. The molecule has 0 atom stereocenters. The van der Waals surface area contributed by atoms with Crippen molar-refractivity contribution in [3.63, 3.8) is 0 Å². The third-order valence-corrected chi connectivity index (χ3v) is 2.34. The van der Waals surface area contributed by atoms with Crippen LogP contribution in [-0.2, 0) is 4.74 Å². The molecule has 0 radical (unpaired) electrons. The Kier molecular flexibility index (Phi) is 2.71. The number of nitrogens with two attached hydrogens (primary N) is 1. The van der Waals surface area contributed by atoms with E-state index in [2.05, 4.69) is 6.92 Å². The Labute approximate surface area is 73.1 Å². The summed E-state index contributed by atoms with van der Waals surface area (Å²) in [5.74, 6) is 0. The molecule has 0 amide bonds. The molecule has 1 aliphatic rings. The van der Waals surface area contributed by atoms with Gasteiger partial charge in [-0.15, -0.1) is 0 Å². The van der Waals surface area contributed by atoms with E-state index in [0.29, 0.717) is 0 Å². The van der Waals surface area contributed by atoms with Crippen LogP contribution < -0.4 is 5.73 Å². The van der Waals surface area contributed by atoms with Gasteiger partial charge in [-0.1, -0.05) is 6.42 Å². The largest absolute Gasteiger partial charge is 0.465 e. The topological polar surface area (TPSA) is 35.2 Å². The van der Waals surface area contributed by atoms with E-state index in [9.17, 15) is 0 Å². The van der Waals surface area contributed by atoms with Crippen molar-refractivity contribution in [2.75, 3.05) is 0 Å². The Hall–Kier alpha value is -0.310. The summed E-state index contributed by atoms with van der Waals surface area (Å²) in [6, 6.07) is 0. The van der Waals surface area contributed by atoms with E-state index in [1.807, 2.05) is 0 Å². The lowest BCUT2D eigenvalue weighted by Crippen LogP contribution is -2.35. The van der Waals surface area contributed by atoms with Gasteiger partial charge in [0.2, 0.25) is 0 Å². The molecule has 0 aromatic rings. The van der Waals surface area contributed by atoms with Gasteiger partial charge in [0.25, 0.3) is 5.17 Å². The van der Waals surface area contributed by atoms with Crippen LogP contribution in [0.5, 0.6) is 0 Å². The molecule has 0 spiro atoms. The molecule has 3 heteroatoms. The number of hydrogen-bond donors (Lipinski definition) is 1. The minimum absolute atomic E-state index is 0.0654. The second-order valence-electron chi connectivity index (χ2n) is 3.43. The molecule has 0 bridgehead atoms. The van der Waals surface area contributed by atoms with Gasteiger partial charge in [0.1, 0.15) is 5.60 Å². The van der Waals surface area contributed by atoms with Crippen molar-refractivity contribution in [3.05, 3.63) is 0 Å². The van der Waals surface area contributed by atoms with Gasteiger partial charge in [-0.25, -0.2) is 0 Å². The first kappa shape index (κ1) is 8.78. The molecule has 0 aliphatic heterocycles. The van der Waals surface area contributed by atoms with Gasteiger partial charge < -0.3 is 10.5 Å². The third-order valence-electron chi connectivity index (χ3n) is 2.26. The van der Waals surface area contributed by atoms with Crippen molar-refractivity contribution in [2.24, 2.45) is 5.73 Å². The van der Waals surface area contributed by atoms with E-state index in [1.165, 1.54) is 19.3 Å². The number of ether oxygens (including phenoxy) is 1. The molecule has 1 saturated carbocycles. The Bertz CT molecular complexity index is 152. The van der Waals surface area contributed by atoms with Crippen LogP contribution in [0.25, 0.3) is 0 Å². The van der Waals surface area contributed by atoms with Crippen LogP contribution in [0.4, 0.5) is 0 Å². The summed E-state index contributed by atoms with van der Waals surface area (Å²) >= 11 is 4.70. The Morgan fingerprint density at radius 1 is 1.36 bits per heavy atom. The first-order valence-corrected chi connectivity index (χ1v) is 4.52. The summed E-state index contributed by atoms with van der Waals surface area (Å²) in [6.07, 6.45) is 5.96. The van der Waals surface area contributed by atoms with Gasteiger partial charge >= 0.3 is 0 Å². The normalized spacial score (nSPS) is 22.6. The lowest BCUT2D eigenvalue weighted by atomic mass is 9.86. The molecule has 1 rings (SSSR count). The molecule has 2 N–H and O–H groups in total. The molecular weight excluding hydrogens is 158 g/mol. The highest BCUT2D eigenvalue weighted by Crippen LogP contribution is 2.30. The first-order chi connectivity index (χ1) is 5.12. The lowest BCUT2D eigenvalue weighted by molar-refractivity contribution is 0.0384. The minimum atomic E-state index is -0.0654. The van der Waals surface area contributed by atoms with Crippen molar-refractivity contribution in [2.45, 2.75) is 44.6 Å². The van der Waals surface area contributed by atoms with E-state index in [0.717, 1.165) is 12.8 Å². The molecule has 64 valence electrons. The Morgan fingerprint density at radius 2 is 1.91 bits per heavy atom. The fourth-order valence-corrected chi connectivity index (χ4v) is 1.85. The van der Waals surface area contributed by atoms with Gasteiger partial charge in [-0.05, 0) is 44.8 Å². The average Bonchev–Trinajstić information content (AvgIpc) is 1.85. The Balaban J connectivity index is 2.43. The first-order valence-electron chi connectivity index (χ1n) is 4.11. The summed E-state index contributed by atoms with van der Waals surface area (Å²) in [6.45, 7) is 2.09. The zero-order valence-corrected chi connectivity index (χ0v) is 7.75. The molecule has 1 fully saturated rings. The Morgan fingerprint density at radius 3 is 2.36 bits per heavy atom. The van der Waals surface area contributed by atoms with Crippen LogP contribution >= 0.6 is 12.2 Å². The maximum Gasteiger partial charge on any atom is 0.254 e. The molecular formula is C8H15NOS. The van der Waals surface area contributed by atoms with Gasteiger partial charge in [-0.3, -0.25) is 0 Å². The van der Waals surface area contributed by atoms with Gasteiger partial charge in [0.05, 0.1) is 0 Å². The van der Waals surface area contributed by atoms with Crippen LogP contribution in [-0.4, -0.2) is 10.8 Å². The highest BCUT2D eigenvalue weighted by atomic mass is 32.1. The molecule has 1 aliphatic carbocycles. The van der Waals surface area contributed by atoms with E-state index in [1.54, 1.807) is 0 Å². The summed E-state index contributed by atoms with van der Waals surface area (Å²) in [5.41, 5.74) is 5.25. The van der Waals surface area contributed by atoms with E-state index in [-0.39, 0.29) is 10.8 Å². The van der Waals surface area contributed by atoms with Gasteiger partial charge in [-0.2, -0.15) is 0 Å². The van der Waals surface area contributed by atoms with E-state index in [4.69, 9.17) is 22.7 Å². The van der Waals surface area contributed by atoms with Crippen LogP contribution in [0.15, 0.2) is 0 Å². The van der Waals surface area contributed by atoms with Crippen LogP contribution in [0, 0.1) is 0 Å². The maximum absolute atomic E-state index is 5.39. The minimum Gasteiger partial charge on any atom is -0.465 e. The SMILES string of the molecule is CC1(OC(N)=S)CCCCC1. The molecule has 0 aromatic carbocycles. The summed E-state index contributed by atoms with van der Waals surface area (Å²) in [4.78, 5) is 0. The van der Waals surface area contributed by atoms with Crippen LogP contribution in [0.1, 0.15) is 39.0 Å². The zero-order chi connectivity index (χ0) is 8.32. The summed E-state index contributed by atoms with van der Waals surface area (Å²) < 4.78 is 5.39. The zero-order valence-electron chi connectivity index (χ0n) is 6.93. The fourth-order valence-electron chi connectivity index (χ4n) is 1.64. The molecule has 11 heavy (non-hydrogen) atoms. The predicted octanol–water partition coefficient (Wildman–Crippen LogP) is 1.97. The number of thiocarbonyl (C=S) groups is 1. The van der Waals surface area contributed by atoms with E-state index >= 15 is 0 Å². The van der Waals surface area contributed by atoms with Crippen molar-refractivity contribution in [1.82, 2.24) is 0 Å². The fraction of sp³-hybridized carbons (Fsp3) is 0.875. The van der Waals surface area contributed by atoms with Crippen molar-refractivity contribution in [3.8, 4) is 0 Å². The summed E-state index contributed by atoms with van der Waals surface area (Å²) in [5, 5.41) is 0.189. The maximum atomic E-state index is 5.39. The van der Waals surface area contributed by atoms with Gasteiger partial charge in [0.15, 0.2) is 0 Å². The quantitative estimate of drug-likeness (QED) is 0.616. The highest BCUT2D eigenvalue weighted by Gasteiger charge is 2.28. The predicted molar refractivity (Wildman–Crippen MR) is 49.4 cm³/mol. The van der Waals surface area contributed by atoms with Crippen LogP contribution in [0.3, 0.4) is 0 Å². The monoisotopic (exact) mass is 173 g/mol. The van der Waals surface area contributed by atoms with Crippen molar-refractivity contribution >= 4 is 17.4 Å². The smallest absolute Gasteiger partial charge is 0.254 e. The standard InChI is InChI=1S/C8H15NOS/c1-8(10-7(9)11)5-3-2-4-6-8/h2-6H2,1H3,(H2,9,11). The van der Waals surface area contributed by atoms with Gasteiger partial charge in [0, 0.05) is 0 Å². The third kappa shape index (κ3) is 2.66.